The van der Waals surface area contributed by atoms with Gasteiger partial charge in [-0.05, 0) is 26.9 Å². The molecule has 0 bridgehead atoms. The summed E-state index contributed by atoms with van der Waals surface area (Å²) in [5.74, 6) is 1.54. The maximum absolute atomic E-state index is 5.13. The molecule has 0 saturated heterocycles. The van der Waals surface area contributed by atoms with Gasteiger partial charge in [0.15, 0.2) is 5.96 Å². The first kappa shape index (κ1) is 23.2. The molecule has 2 atom stereocenters. The Morgan fingerprint density at radius 1 is 1.24 bits per heavy atom. The maximum Gasteiger partial charge on any atom is 0.191 e. The van der Waals surface area contributed by atoms with Crippen LogP contribution >= 0.6 is 24.0 Å². The molecule has 0 rings (SSSR count). The second kappa shape index (κ2) is 13.6. The number of nitrogens with zero attached hydrogens (tertiary/aromatic N) is 2. The normalized spacial score (nSPS) is 14.8. The van der Waals surface area contributed by atoms with Crippen LogP contribution in [-0.4, -0.2) is 64.3 Å². The molecule has 0 radical (unpaired) electrons. The average molecular weight is 414 g/mol. The highest BCUT2D eigenvalue weighted by molar-refractivity contribution is 14.0. The van der Waals surface area contributed by atoms with Gasteiger partial charge >= 0.3 is 0 Å². The summed E-state index contributed by atoms with van der Waals surface area (Å²) in [7, 11) is 7.81. The van der Waals surface area contributed by atoms with Gasteiger partial charge in [-0.1, -0.05) is 26.7 Å². The summed E-state index contributed by atoms with van der Waals surface area (Å²) in [5, 5.41) is 6.76. The molecule has 0 heterocycles. The maximum atomic E-state index is 5.13. The number of nitrogens with one attached hydrogen (secondary N) is 2. The van der Waals surface area contributed by atoms with Crippen molar-refractivity contribution in [3.05, 3.63) is 0 Å². The predicted octanol–water partition coefficient (Wildman–Crippen LogP) is 2.17. The Morgan fingerprint density at radius 3 is 2.19 bits per heavy atom. The summed E-state index contributed by atoms with van der Waals surface area (Å²) in [6.07, 6.45) is 2.40. The van der Waals surface area contributed by atoms with Gasteiger partial charge < -0.3 is 20.3 Å². The third kappa shape index (κ3) is 9.52. The van der Waals surface area contributed by atoms with E-state index >= 15 is 0 Å². The lowest BCUT2D eigenvalue weighted by Crippen LogP contribution is -2.50. The summed E-state index contributed by atoms with van der Waals surface area (Å²) in [6.45, 7) is 8.18. The zero-order valence-corrected chi connectivity index (χ0v) is 17.1. The first-order chi connectivity index (χ1) is 9.49. The number of hydrogen-bond donors (Lipinski definition) is 2. The number of likely N-dealkylation sites (N-methyl/N-ethyl adjacent to an activating group) is 1. The van der Waals surface area contributed by atoms with Crippen LogP contribution in [0.3, 0.4) is 0 Å². The van der Waals surface area contributed by atoms with Crippen LogP contribution in [0.5, 0.6) is 0 Å². The average Bonchev–Trinajstić information content (AvgIpc) is 2.41. The van der Waals surface area contributed by atoms with Crippen LogP contribution in [0.4, 0.5) is 0 Å². The second-order valence-electron chi connectivity index (χ2n) is 5.56. The summed E-state index contributed by atoms with van der Waals surface area (Å²) in [5.41, 5.74) is 0. The fourth-order valence-electron chi connectivity index (χ4n) is 2.52. The Hall–Kier alpha value is -0.0800. The lowest BCUT2D eigenvalue weighted by molar-refractivity contribution is 0.178. The molecule has 6 heteroatoms. The van der Waals surface area contributed by atoms with E-state index in [1.165, 1.54) is 12.8 Å². The van der Waals surface area contributed by atoms with Crippen LogP contribution in [0.2, 0.25) is 0 Å². The standard InChI is InChI=1S/C15H34N4O.HI/c1-8-13(9-2)14(19(5)6)10-17-15(16-4)18-12(3)11-20-7;/h12-14H,8-11H2,1-7H3,(H2,16,17,18);1H. The number of aliphatic imine (C=N–C) groups is 1. The number of ether oxygens (including phenoxy) is 1. The zero-order valence-electron chi connectivity index (χ0n) is 14.8. The molecule has 2 unspecified atom stereocenters. The van der Waals surface area contributed by atoms with E-state index in [4.69, 9.17) is 4.74 Å². The monoisotopic (exact) mass is 414 g/mol. The van der Waals surface area contributed by atoms with Gasteiger partial charge in [0, 0.05) is 32.8 Å². The molecule has 0 aliphatic rings. The summed E-state index contributed by atoms with van der Waals surface area (Å²) in [4.78, 5) is 6.58. The molecule has 0 aromatic carbocycles. The quantitative estimate of drug-likeness (QED) is 0.345. The summed E-state index contributed by atoms with van der Waals surface area (Å²) in [6, 6.07) is 0.762. The number of rotatable bonds is 9. The van der Waals surface area contributed by atoms with E-state index in [2.05, 4.69) is 55.4 Å². The summed E-state index contributed by atoms with van der Waals surface area (Å²) >= 11 is 0. The largest absolute Gasteiger partial charge is 0.383 e. The molecular formula is C15H35IN4O. The molecular weight excluding hydrogens is 379 g/mol. The van der Waals surface area contributed by atoms with Gasteiger partial charge in [-0.25, -0.2) is 0 Å². The van der Waals surface area contributed by atoms with E-state index in [9.17, 15) is 0 Å². The van der Waals surface area contributed by atoms with Crippen molar-refractivity contribution in [3.8, 4) is 0 Å². The van der Waals surface area contributed by atoms with Crippen molar-refractivity contribution in [1.82, 2.24) is 15.5 Å². The summed E-state index contributed by atoms with van der Waals surface area (Å²) < 4.78 is 5.13. The molecule has 0 aliphatic heterocycles. The van der Waals surface area contributed by atoms with E-state index in [1.54, 1.807) is 14.2 Å². The smallest absolute Gasteiger partial charge is 0.191 e. The molecule has 128 valence electrons. The van der Waals surface area contributed by atoms with Gasteiger partial charge in [0.05, 0.1) is 6.61 Å². The highest BCUT2D eigenvalue weighted by atomic mass is 127. The Labute approximate surface area is 148 Å². The Kier molecular flexibility index (Phi) is 15.0. The molecule has 0 aromatic heterocycles. The van der Waals surface area contributed by atoms with Crippen LogP contribution in [0.15, 0.2) is 4.99 Å². The topological polar surface area (TPSA) is 48.9 Å². The number of hydrogen-bond acceptors (Lipinski definition) is 3. The second-order valence-corrected chi connectivity index (χ2v) is 5.56. The molecule has 0 aromatic rings. The molecule has 5 nitrogen and oxygen atoms in total. The number of methoxy groups -OCH3 is 1. The van der Waals surface area contributed by atoms with Crippen molar-refractivity contribution >= 4 is 29.9 Å². The molecule has 21 heavy (non-hydrogen) atoms. The fourth-order valence-corrected chi connectivity index (χ4v) is 2.52. The minimum atomic E-state index is 0. The van der Waals surface area contributed by atoms with Crippen molar-refractivity contribution in [2.24, 2.45) is 10.9 Å². The lowest BCUT2D eigenvalue weighted by Gasteiger charge is -2.32. The van der Waals surface area contributed by atoms with Crippen molar-refractivity contribution < 1.29 is 4.74 Å². The van der Waals surface area contributed by atoms with Gasteiger partial charge in [-0.15, -0.1) is 24.0 Å². The van der Waals surface area contributed by atoms with E-state index in [1.807, 2.05) is 0 Å². The van der Waals surface area contributed by atoms with E-state index < -0.39 is 0 Å². The third-order valence-electron chi connectivity index (χ3n) is 3.76. The van der Waals surface area contributed by atoms with Gasteiger partial charge in [0.1, 0.15) is 0 Å². The van der Waals surface area contributed by atoms with Crippen LogP contribution < -0.4 is 10.6 Å². The van der Waals surface area contributed by atoms with Crippen LogP contribution in [0.25, 0.3) is 0 Å². The van der Waals surface area contributed by atoms with Crippen molar-refractivity contribution in [2.45, 2.75) is 45.7 Å². The Morgan fingerprint density at radius 2 is 1.81 bits per heavy atom. The third-order valence-corrected chi connectivity index (χ3v) is 3.76. The zero-order chi connectivity index (χ0) is 15.5. The first-order valence-electron chi connectivity index (χ1n) is 7.62. The van der Waals surface area contributed by atoms with Gasteiger partial charge in [0.25, 0.3) is 0 Å². The van der Waals surface area contributed by atoms with Crippen LogP contribution in [0, 0.1) is 5.92 Å². The van der Waals surface area contributed by atoms with Gasteiger partial charge in [-0.3, -0.25) is 4.99 Å². The molecule has 2 N–H and O–H groups in total. The highest BCUT2D eigenvalue weighted by Crippen LogP contribution is 2.16. The number of guanidine groups is 1. The lowest BCUT2D eigenvalue weighted by atomic mass is 9.93. The van der Waals surface area contributed by atoms with Crippen LogP contribution in [-0.2, 0) is 4.74 Å². The first-order valence-corrected chi connectivity index (χ1v) is 7.62. The van der Waals surface area contributed by atoms with E-state index in [0.29, 0.717) is 18.6 Å². The molecule has 0 amide bonds. The van der Waals surface area contributed by atoms with Gasteiger partial charge in [0.2, 0.25) is 0 Å². The highest BCUT2D eigenvalue weighted by Gasteiger charge is 2.20. The fraction of sp³-hybridized carbons (Fsp3) is 0.933. The molecule has 0 saturated carbocycles. The molecule has 0 spiro atoms. The van der Waals surface area contributed by atoms with Gasteiger partial charge in [-0.2, -0.15) is 0 Å². The van der Waals surface area contributed by atoms with E-state index in [0.717, 1.165) is 12.5 Å². The van der Waals surface area contributed by atoms with Crippen LogP contribution in [0.1, 0.15) is 33.6 Å². The SMILES string of the molecule is CCC(CC)C(CNC(=NC)NC(C)COC)N(C)C.I. The van der Waals surface area contributed by atoms with Crippen molar-refractivity contribution in [1.29, 1.82) is 0 Å². The van der Waals surface area contributed by atoms with Crippen molar-refractivity contribution in [2.75, 3.05) is 41.4 Å². The number of halogens is 1. The minimum Gasteiger partial charge on any atom is -0.383 e. The van der Waals surface area contributed by atoms with Crippen molar-refractivity contribution in [3.63, 3.8) is 0 Å². The Balaban J connectivity index is 0. The molecule has 0 aliphatic carbocycles. The molecule has 0 fully saturated rings. The Bertz CT molecular complexity index is 270. The van der Waals surface area contributed by atoms with E-state index in [-0.39, 0.29) is 30.0 Å². The minimum absolute atomic E-state index is 0. The predicted molar refractivity (Wildman–Crippen MR) is 103 cm³/mol.